The Hall–Kier alpha value is -3.98. The molecule has 0 saturated carbocycles. The van der Waals surface area contributed by atoms with Gasteiger partial charge < -0.3 is 5.11 Å². The molecule has 0 saturated heterocycles. The van der Waals surface area contributed by atoms with Crippen LogP contribution in [0.4, 0.5) is 0 Å². The molecule has 0 radical (unpaired) electrons. The summed E-state index contributed by atoms with van der Waals surface area (Å²) in [5.41, 5.74) is 7.40. The number of rotatable bonds is 4. The highest BCUT2D eigenvalue weighted by atomic mass is 16.4. The molecule has 0 aliphatic heterocycles. The lowest BCUT2D eigenvalue weighted by molar-refractivity contribution is 0.0697. The molecule has 1 aliphatic rings. The Morgan fingerprint density at radius 2 is 1.64 bits per heavy atom. The van der Waals surface area contributed by atoms with Gasteiger partial charge >= 0.3 is 5.97 Å². The first kappa shape index (κ1) is 20.9. The van der Waals surface area contributed by atoms with E-state index in [0.29, 0.717) is 5.56 Å². The van der Waals surface area contributed by atoms with E-state index in [9.17, 15) is 4.79 Å². The van der Waals surface area contributed by atoms with Crippen LogP contribution in [0.25, 0.3) is 28.5 Å². The number of benzene rings is 3. The predicted molar refractivity (Wildman–Crippen MR) is 135 cm³/mol. The van der Waals surface area contributed by atoms with Crippen molar-refractivity contribution < 1.29 is 9.90 Å². The van der Waals surface area contributed by atoms with Gasteiger partial charge in [-0.15, -0.1) is 0 Å². The third-order valence-electron chi connectivity index (χ3n) is 6.46. The normalized spacial score (nSPS) is 14.8. The molecular formula is C30H25NO2. The molecule has 1 heterocycles. The fourth-order valence-electron chi connectivity index (χ4n) is 4.57. The van der Waals surface area contributed by atoms with Gasteiger partial charge in [0.2, 0.25) is 0 Å². The second kappa shape index (κ2) is 8.18. The van der Waals surface area contributed by atoms with Crippen LogP contribution in [0, 0.1) is 0 Å². The van der Waals surface area contributed by atoms with Crippen molar-refractivity contribution in [1.82, 2.24) is 4.98 Å². The van der Waals surface area contributed by atoms with Crippen LogP contribution in [0.2, 0.25) is 0 Å². The number of hydrogen-bond donors (Lipinski definition) is 1. The first-order valence-electron chi connectivity index (χ1n) is 11.1. The van der Waals surface area contributed by atoms with E-state index in [2.05, 4.69) is 67.4 Å². The van der Waals surface area contributed by atoms with E-state index >= 15 is 0 Å². The van der Waals surface area contributed by atoms with Gasteiger partial charge in [0, 0.05) is 23.3 Å². The second-order valence-electron chi connectivity index (χ2n) is 9.18. The molecule has 0 atom stereocenters. The third-order valence-corrected chi connectivity index (χ3v) is 6.46. The molecule has 1 N–H and O–H groups in total. The number of carboxylic acid groups (broad SMARTS) is 1. The van der Waals surface area contributed by atoms with Crippen LogP contribution >= 0.6 is 0 Å². The molecule has 3 heteroatoms. The van der Waals surface area contributed by atoms with Gasteiger partial charge in [-0.05, 0) is 63.2 Å². The summed E-state index contributed by atoms with van der Waals surface area (Å²) in [7, 11) is 0. The highest BCUT2D eigenvalue weighted by Crippen LogP contribution is 2.43. The minimum Gasteiger partial charge on any atom is -0.478 e. The Labute approximate surface area is 193 Å². The zero-order chi connectivity index (χ0) is 23.0. The lowest BCUT2D eigenvalue weighted by Gasteiger charge is -2.32. The molecule has 33 heavy (non-hydrogen) atoms. The van der Waals surface area contributed by atoms with Crippen LogP contribution in [-0.4, -0.2) is 16.1 Å². The summed E-state index contributed by atoms with van der Waals surface area (Å²) >= 11 is 0. The van der Waals surface area contributed by atoms with E-state index in [1.165, 1.54) is 22.1 Å². The third kappa shape index (κ3) is 3.98. The first-order chi connectivity index (χ1) is 15.9. The number of hydrogen-bond acceptors (Lipinski definition) is 2. The van der Waals surface area contributed by atoms with Crippen molar-refractivity contribution in [2.45, 2.75) is 25.7 Å². The zero-order valence-corrected chi connectivity index (χ0v) is 18.7. The molecule has 5 rings (SSSR count). The Morgan fingerprint density at radius 3 is 2.42 bits per heavy atom. The van der Waals surface area contributed by atoms with Crippen LogP contribution in [0.15, 0.2) is 85.2 Å². The minimum atomic E-state index is -0.912. The summed E-state index contributed by atoms with van der Waals surface area (Å²) in [5.74, 6) is -0.912. The van der Waals surface area contributed by atoms with Crippen LogP contribution < -0.4 is 0 Å². The van der Waals surface area contributed by atoms with E-state index in [-0.39, 0.29) is 5.41 Å². The van der Waals surface area contributed by atoms with Crippen LogP contribution in [0.1, 0.15) is 58.4 Å². The number of allylic oxidation sites excluding steroid dienone is 1. The SMILES string of the molecule is CC1(C)CC=C(c2cncc3ccccc23)c2cc(C=Cc3ccc(C(=O)O)cc3)ccc21. The molecule has 0 amide bonds. The molecule has 1 aliphatic carbocycles. The van der Waals surface area contributed by atoms with Crippen LogP contribution in [-0.2, 0) is 5.41 Å². The number of nitrogens with zero attached hydrogens (tertiary/aromatic N) is 1. The summed E-state index contributed by atoms with van der Waals surface area (Å²) in [5, 5.41) is 11.4. The number of carbonyl (C=O) groups is 1. The lowest BCUT2D eigenvalue weighted by atomic mass is 9.71. The molecule has 3 nitrogen and oxygen atoms in total. The van der Waals surface area contributed by atoms with Gasteiger partial charge in [0.25, 0.3) is 0 Å². The van der Waals surface area contributed by atoms with Crippen molar-refractivity contribution in [3.05, 3.63) is 119 Å². The van der Waals surface area contributed by atoms with Gasteiger partial charge in [0.1, 0.15) is 0 Å². The number of fused-ring (bicyclic) bond motifs is 2. The standard InChI is InChI=1S/C30H25NO2/c1-30(2)16-15-25(27-19-31-18-23-5-3-4-6-24(23)27)26-17-21(11-14-28(26)30)8-7-20-9-12-22(13-10-20)29(32)33/h3-15,17-19H,16H2,1-2H3,(H,32,33). The second-order valence-corrected chi connectivity index (χ2v) is 9.18. The molecule has 3 aromatic carbocycles. The van der Waals surface area contributed by atoms with Crippen molar-refractivity contribution in [1.29, 1.82) is 0 Å². The van der Waals surface area contributed by atoms with Gasteiger partial charge in [-0.2, -0.15) is 0 Å². The van der Waals surface area contributed by atoms with E-state index in [4.69, 9.17) is 5.11 Å². The van der Waals surface area contributed by atoms with Crippen molar-refractivity contribution >= 4 is 34.5 Å². The van der Waals surface area contributed by atoms with Gasteiger partial charge in [0.15, 0.2) is 0 Å². The number of pyridine rings is 1. The molecule has 0 unspecified atom stereocenters. The minimum absolute atomic E-state index is 0.0613. The molecule has 0 spiro atoms. The average molecular weight is 432 g/mol. The lowest BCUT2D eigenvalue weighted by Crippen LogP contribution is -2.22. The van der Waals surface area contributed by atoms with E-state index < -0.39 is 5.97 Å². The number of aromatic carboxylic acids is 1. The zero-order valence-electron chi connectivity index (χ0n) is 18.7. The Morgan fingerprint density at radius 1 is 0.909 bits per heavy atom. The summed E-state index contributed by atoms with van der Waals surface area (Å²) in [6.45, 7) is 4.58. The fraction of sp³-hybridized carbons (Fsp3) is 0.133. The quantitative estimate of drug-likeness (QED) is 0.347. The predicted octanol–water partition coefficient (Wildman–Crippen LogP) is 7.22. The van der Waals surface area contributed by atoms with E-state index in [1.807, 2.05) is 36.7 Å². The summed E-state index contributed by atoms with van der Waals surface area (Å²) in [6.07, 6.45) is 11.3. The summed E-state index contributed by atoms with van der Waals surface area (Å²) in [4.78, 5) is 15.6. The molecule has 162 valence electrons. The highest BCUT2D eigenvalue weighted by Gasteiger charge is 2.29. The van der Waals surface area contributed by atoms with Crippen molar-refractivity contribution in [3.8, 4) is 0 Å². The summed E-state index contributed by atoms with van der Waals surface area (Å²) in [6, 6.07) is 22.0. The van der Waals surface area contributed by atoms with Gasteiger partial charge in [-0.25, -0.2) is 4.79 Å². The molecule has 1 aromatic heterocycles. The number of aromatic nitrogens is 1. The maximum absolute atomic E-state index is 11.1. The van der Waals surface area contributed by atoms with E-state index in [0.717, 1.165) is 28.5 Å². The smallest absolute Gasteiger partial charge is 0.335 e. The Kier molecular flexibility index (Phi) is 5.18. The molecular weight excluding hydrogens is 406 g/mol. The maximum atomic E-state index is 11.1. The summed E-state index contributed by atoms with van der Waals surface area (Å²) < 4.78 is 0. The Balaban J connectivity index is 1.56. The van der Waals surface area contributed by atoms with Crippen LogP contribution in [0.5, 0.6) is 0 Å². The Bertz CT molecular complexity index is 1420. The van der Waals surface area contributed by atoms with Crippen LogP contribution in [0.3, 0.4) is 0 Å². The largest absolute Gasteiger partial charge is 0.478 e. The van der Waals surface area contributed by atoms with Crippen molar-refractivity contribution in [3.63, 3.8) is 0 Å². The average Bonchev–Trinajstić information content (AvgIpc) is 2.83. The molecule has 0 bridgehead atoms. The number of carboxylic acids is 1. The first-order valence-corrected chi connectivity index (χ1v) is 11.1. The highest BCUT2D eigenvalue weighted by molar-refractivity contribution is 5.98. The van der Waals surface area contributed by atoms with Crippen molar-refractivity contribution in [2.24, 2.45) is 0 Å². The molecule has 4 aromatic rings. The maximum Gasteiger partial charge on any atom is 0.335 e. The van der Waals surface area contributed by atoms with Gasteiger partial charge in [-0.3, -0.25) is 4.98 Å². The topological polar surface area (TPSA) is 50.2 Å². The van der Waals surface area contributed by atoms with Gasteiger partial charge in [0.05, 0.1) is 5.56 Å². The monoisotopic (exact) mass is 431 g/mol. The fourth-order valence-corrected chi connectivity index (χ4v) is 4.57. The molecule has 0 fully saturated rings. The van der Waals surface area contributed by atoms with Gasteiger partial charge in [-0.1, -0.05) is 80.6 Å². The van der Waals surface area contributed by atoms with E-state index in [1.54, 1.807) is 12.1 Å². The van der Waals surface area contributed by atoms with Crippen molar-refractivity contribution in [2.75, 3.05) is 0 Å².